The van der Waals surface area contributed by atoms with Crippen molar-refractivity contribution in [3.8, 4) is 0 Å². The van der Waals surface area contributed by atoms with Gasteiger partial charge in [0.25, 0.3) is 0 Å². The maximum absolute atomic E-state index is 11.9. The molecule has 3 nitrogen and oxygen atoms in total. The van der Waals surface area contributed by atoms with Crippen LogP contribution in [0.2, 0.25) is 0 Å². The average molecular weight is 295 g/mol. The number of rotatable bonds is 6. The molecule has 0 aliphatic rings. The van der Waals surface area contributed by atoms with E-state index in [1.54, 1.807) is 25.6 Å². The number of hydrogen-bond donors (Lipinski definition) is 2. The van der Waals surface area contributed by atoms with Crippen LogP contribution in [0.4, 0.5) is 0 Å². The van der Waals surface area contributed by atoms with E-state index in [9.17, 15) is 9.90 Å². The topological polar surface area (TPSA) is 49.3 Å². The highest BCUT2D eigenvalue weighted by atomic mass is 32.2. The minimum atomic E-state index is -0.952. The largest absolute Gasteiger partial charge is 0.388 e. The van der Waals surface area contributed by atoms with E-state index in [4.69, 9.17) is 0 Å². The number of thioether (sulfide) groups is 1. The van der Waals surface area contributed by atoms with Crippen molar-refractivity contribution in [3.63, 3.8) is 0 Å². The minimum Gasteiger partial charge on any atom is -0.388 e. The predicted molar refractivity (Wildman–Crippen MR) is 85.0 cm³/mol. The number of carbonyl (C=O) groups excluding carboxylic acids is 1. The summed E-state index contributed by atoms with van der Waals surface area (Å²) in [5.41, 5.74) is -0.357. The molecule has 0 spiro atoms. The summed E-state index contributed by atoms with van der Waals surface area (Å²) < 4.78 is 0. The first kappa shape index (κ1) is 17.1. The highest BCUT2D eigenvalue weighted by molar-refractivity contribution is 7.99. The van der Waals surface area contributed by atoms with Crippen molar-refractivity contribution in [1.29, 1.82) is 0 Å². The number of carbonyl (C=O) groups is 1. The first-order valence-corrected chi connectivity index (χ1v) is 7.83. The van der Waals surface area contributed by atoms with Crippen LogP contribution in [-0.4, -0.2) is 27.9 Å². The van der Waals surface area contributed by atoms with Gasteiger partial charge in [0, 0.05) is 17.1 Å². The maximum Gasteiger partial charge on any atom is 0.221 e. The van der Waals surface area contributed by atoms with Crippen molar-refractivity contribution >= 4 is 17.7 Å². The number of aryl methyl sites for hydroxylation is 1. The lowest BCUT2D eigenvalue weighted by atomic mass is 9.86. The fourth-order valence-corrected chi connectivity index (χ4v) is 2.31. The molecule has 2 N–H and O–H groups in total. The second-order valence-electron chi connectivity index (χ2n) is 6.14. The Labute approximate surface area is 126 Å². The molecule has 1 rings (SSSR count). The van der Waals surface area contributed by atoms with Gasteiger partial charge in [-0.05, 0) is 46.8 Å². The van der Waals surface area contributed by atoms with E-state index in [-0.39, 0.29) is 5.91 Å². The summed E-state index contributed by atoms with van der Waals surface area (Å²) in [5, 5.41) is 12.9. The van der Waals surface area contributed by atoms with Crippen molar-refractivity contribution in [2.24, 2.45) is 0 Å². The van der Waals surface area contributed by atoms with Crippen LogP contribution >= 0.6 is 11.8 Å². The van der Waals surface area contributed by atoms with Gasteiger partial charge in [-0.1, -0.05) is 17.7 Å². The Hall–Kier alpha value is -1.00. The molecule has 0 radical (unpaired) electrons. The Bertz CT molecular complexity index is 447. The summed E-state index contributed by atoms with van der Waals surface area (Å²) in [5.74, 6) is 0.702. The molecule has 0 bridgehead atoms. The molecule has 0 saturated heterocycles. The van der Waals surface area contributed by atoms with Gasteiger partial charge >= 0.3 is 0 Å². The van der Waals surface area contributed by atoms with Crippen LogP contribution in [0.25, 0.3) is 0 Å². The second kappa shape index (κ2) is 6.64. The highest BCUT2D eigenvalue weighted by Gasteiger charge is 2.36. The Morgan fingerprint density at radius 2 is 1.75 bits per heavy atom. The monoisotopic (exact) mass is 295 g/mol. The third-order valence-corrected chi connectivity index (χ3v) is 4.61. The molecule has 0 unspecified atom stereocenters. The quantitative estimate of drug-likeness (QED) is 0.793. The SMILES string of the molecule is Cc1ccc(SCCC(=O)NC(C)(C)C(C)(C)O)cc1. The van der Waals surface area contributed by atoms with E-state index in [2.05, 4.69) is 36.5 Å². The molecule has 0 aromatic heterocycles. The number of amides is 1. The van der Waals surface area contributed by atoms with E-state index in [0.717, 1.165) is 5.75 Å². The number of hydrogen-bond acceptors (Lipinski definition) is 3. The van der Waals surface area contributed by atoms with Crippen molar-refractivity contribution in [1.82, 2.24) is 5.32 Å². The predicted octanol–water partition coefficient (Wildman–Crippen LogP) is 3.14. The molecule has 0 saturated carbocycles. The van der Waals surface area contributed by atoms with Crippen LogP contribution in [0, 0.1) is 6.92 Å². The molecule has 1 aromatic rings. The minimum absolute atomic E-state index is 0.0308. The van der Waals surface area contributed by atoms with E-state index >= 15 is 0 Å². The van der Waals surface area contributed by atoms with Gasteiger partial charge in [-0.3, -0.25) is 4.79 Å². The van der Waals surface area contributed by atoms with Crippen molar-refractivity contribution in [2.45, 2.75) is 57.1 Å². The van der Waals surface area contributed by atoms with Crippen molar-refractivity contribution in [3.05, 3.63) is 29.8 Å². The summed E-state index contributed by atoms with van der Waals surface area (Å²) in [6, 6.07) is 8.27. The number of benzene rings is 1. The molecule has 0 fully saturated rings. The summed E-state index contributed by atoms with van der Waals surface area (Å²) in [4.78, 5) is 13.1. The summed E-state index contributed by atoms with van der Waals surface area (Å²) in [6.45, 7) is 9.12. The van der Waals surface area contributed by atoms with Gasteiger partial charge < -0.3 is 10.4 Å². The van der Waals surface area contributed by atoms with E-state index < -0.39 is 11.1 Å². The van der Waals surface area contributed by atoms with Crippen molar-refractivity contribution in [2.75, 3.05) is 5.75 Å². The van der Waals surface area contributed by atoms with E-state index in [0.29, 0.717) is 6.42 Å². The van der Waals surface area contributed by atoms with Gasteiger partial charge in [-0.25, -0.2) is 0 Å². The van der Waals surface area contributed by atoms with Crippen LogP contribution in [0.15, 0.2) is 29.2 Å². The Balaban J connectivity index is 2.39. The maximum atomic E-state index is 11.9. The zero-order valence-electron chi connectivity index (χ0n) is 13.0. The Kier molecular flexibility index (Phi) is 5.66. The lowest BCUT2D eigenvalue weighted by molar-refractivity contribution is -0.125. The van der Waals surface area contributed by atoms with Gasteiger partial charge in [0.2, 0.25) is 5.91 Å². The zero-order valence-corrected chi connectivity index (χ0v) is 13.8. The van der Waals surface area contributed by atoms with Gasteiger partial charge in [0.15, 0.2) is 0 Å². The number of nitrogens with one attached hydrogen (secondary N) is 1. The van der Waals surface area contributed by atoms with E-state index in [1.807, 2.05) is 13.8 Å². The number of aliphatic hydroxyl groups is 1. The first-order chi connectivity index (χ1) is 9.12. The highest BCUT2D eigenvalue weighted by Crippen LogP contribution is 2.22. The third kappa shape index (κ3) is 5.17. The molecule has 4 heteroatoms. The third-order valence-electron chi connectivity index (χ3n) is 3.60. The Morgan fingerprint density at radius 3 is 2.25 bits per heavy atom. The van der Waals surface area contributed by atoms with Gasteiger partial charge in [-0.15, -0.1) is 11.8 Å². The second-order valence-corrected chi connectivity index (χ2v) is 7.31. The van der Waals surface area contributed by atoms with Crippen LogP contribution in [0.1, 0.15) is 39.7 Å². The van der Waals surface area contributed by atoms with E-state index in [1.165, 1.54) is 10.5 Å². The molecule has 0 aliphatic heterocycles. The molecule has 112 valence electrons. The van der Waals surface area contributed by atoms with Crippen LogP contribution in [-0.2, 0) is 4.79 Å². The zero-order chi connectivity index (χ0) is 15.4. The van der Waals surface area contributed by atoms with Gasteiger partial charge in [0.05, 0.1) is 11.1 Å². The molecular weight excluding hydrogens is 270 g/mol. The van der Waals surface area contributed by atoms with Gasteiger partial charge in [0.1, 0.15) is 0 Å². The molecule has 0 atom stereocenters. The fourth-order valence-electron chi connectivity index (χ4n) is 1.46. The van der Waals surface area contributed by atoms with Gasteiger partial charge in [-0.2, -0.15) is 0 Å². The lowest BCUT2D eigenvalue weighted by Crippen LogP contribution is -2.57. The first-order valence-electron chi connectivity index (χ1n) is 6.85. The lowest BCUT2D eigenvalue weighted by Gasteiger charge is -2.38. The summed E-state index contributed by atoms with van der Waals surface area (Å²) in [7, 11) is 0. The molecule has 0 heterocycles. The summed E-state index contributed by atoms with van der Waals surface area (Å²) >= 11 is 1.67. The standard InChI is InChI=1S/C16H25NO2S/c1-12-6-8-13(9-7-12)20-11-10-14(18)17-15(2,3)16(4,5)19/h6-9,19H,10-11H2,1-5H3,(H,17,18). The Morgan fingerprint density at radius 1 is 1.20 bits per heavy atom. The average Bonchev–Trinajstić information content (AvgIpc) is 2.29. The molecule has 1 amide bonds. The smallest absolute Gasteiger partial charge is 0.221 e. The molecule has 0 aliphatic carbocycles. The summed E-state index contributed by atoms with van der Waals surface area (Å²) in [6.07, 6.45) is 0.443. The van der Waals surface area contributed by atoms with Crippen LogP contribution in [0.3, 0.4) is 0 Å². The van der Waals surface area contributed by atoms with Crippen LogP contribution in [0.5, 0.6) is 0 Å². The molecule has 20 heavy (non-hydrogen) atoms. The molecular formula is C16H25NO2S. The molecule has 1 aromatic carbocycles. The van der Waals surface area contributed by atoms with Crippen LogP contribution < -0.4 is 5.32 Å². The normalized spacial score (nSPS) is 12.3. The fraction of sp³-hybridized carbons (Fsp3) is 0.562. The van der Waals surface area contributed by atoms with Crippen molar-refractivity contribution < 1.29 is 9.90 Å².